The van der Waals surface area contributed by atoms with Crippen molar-refractivity contribution >= 4 is 15.9 Å². The zero-order valence-corrected chi connectivity index (χ0v) is 13.9. The summed E-state index contributed by atoms with van der Waals surface area (Å²) in [6.45, 7) is 5.08. The van der Waals surface area contributed by atoms with Crippen LogP contribution >= 0.6 is 15.9 Å². The third-order valence-corrected chi connectivity index (χ3v) is 4.86. The molecule has 1 unspecified atom stereocenters. The highest BCUT2D eigenvalue weighted by Gasteiger charge is 2.19. The Morgan fingerprint density at radius 1 is 0.944 bits per heavy atom. The van der Waals surface area contributed by atoms with Gasteiger partial charge in [0, 0.05) is 11.4 Å². The quantitative estimate of drug-likeness (QED) is 0.386. The van der Waals surface area contributed by atoms with Crippen molar-refractivity contribution < 1.29 is 0 Å². The zero-order chi connectivity index (χ0) is 13.1. The Morgan fingerprint density at radius 2 is 1.61 bits per heavy atom. The van der Waals surface area contributed by atoms with Gasteiger partial charge in [-0.1, -0.05) is 61.4 Å². The molecule has 0 aliphatic carbocycles. The standard InChI is InChI=1S/C16H32BrN/c1-2-16-12-8-11-15-18(16)14-10-7-5-3-4-6-9-13-17/h16H,2-15H2,1H3. The maximum Gasteiger partial charge on any atom is 0.00926 e. The molecule has 0 aromatic heterocycles. The van der Waals surface area contributed by atoms with Crippen LogP contribution in [-0.4, -0.2) is 29.4 Å². The lowest BCUT2D eigenvalue weighted by molar-refractivity contribution is 0.141. The molecular formula is C16H32BrN. The van der Waals surface area contributed by atoms with Gasteiger partial charge in [0.15, 0.2) is 0 Å². The molecule has 0 aromatic rings. The number of alkyl halides is 1. The highest BCUT2D eigenvalue weighted by atomic mass is 79.9. The summed E-state index contributed by atoms with van der Waals surface area (Å²) in [5.74, 6) is 0. The van der Waals surface area contributed by atoms with Crippen LogP contribution in [0, 0.1) is 0 Å². The van der Waals surface area contributed by atoms with E-state index in [2.05, 4.69) is 27.8 Å². The van der Waals surface area contributed by atoms with Crippen molar-refractivity contribution in [1.29, 1.82) is 0 Å². The van der Waals surface area contributed by atoms with Gasteiger partial charge in [0.05, 0.1) is 0 Å². The van der Waals surface area contributed by atoms with Gasteiger partial charge in [-0.15, -0.1) is 0 Å². The summed E-state index contributed by atoms with van der Waals surface area (Å²) in [7, 11) is 0. The number of nitrogens with zero attached hydrogens (tertiary/aromatic N) is 1. The van der Waals surface area contributed by atoms with Gasteiger partial charge in [0.2, 0.25) is 0 Å². The molecule has 1 nitrogen and oxygen atoms in total. The van der Waals surface area contributed by atoms with Crippen LogP contribution in [0.1, 0.15) is 77.6 Å². The highest BCUT2D eigenvalue weighted by Crippen LogP contribution is 2.20. The van der Waals surface area contributed by atoms with Crippen molar-refractivity contribution in [2.75, 3.05) is 18.4 Å². The van der Waals surface area contributed by atoms with Crippen LogP contribution in [0.15, 0.2) is 0 Å². The van der Waals surface area contributed by atoms with E-state index in [0.29, 0.717) is 0 Å². The summed E-state index contributed by atoms with van der Waals surface area (Å²) in [4.78, 5) is 2.76. The minimum Gasteiger partial charge on any atom is -0.300 e. The Bertz CT molecular complexity index is 184. The van der Waals surface area contributed by atoms with E-state index in [0.717, 1.165) is 6.04 Å². The first kappa shape index (κ1) is 16.5. The number of hydrogen-bond acceptors (Lipinski definition) is 1. The third kappa shape index (κ3) is 7.13. The van der Waals surface area contributed by atoms with E-state index in [4.69, 9.17) is 0 Å². The van der Waals surface area contributed by atoms with E-state index in [1.54, 1.807) is 0 Å². The normalized spacial score (nSPS) is 21.3. The van der Waals surface area contributed by atoms with Gasteiger partial charge in [-0.25, -0.2) is 0 Å². The minimum atomic E-state index is 0.901. The second kappa shape index (κ2) is 11.3. The lowest BCUT2D eigenvalue weighted by Gasteiger charge is -2.35. The van der Waals surface area contributed by atoms with Crippen molar-refractivity contribution in [1.82, 2.24) is 4.90 Å². The smallest absolute Gasteiger partial charge is 0.00926 e. The fourth-order valence-corrected chi connectivity index (χ4v) is 3.51. The van der Waals surface area contributed by atoms with Crippen molar-refractivity contribution in [2.45, 2.75) is 83.6 Å². The van der Waals surface area contributed by atoms with Crippen molar-refractivity contribution in [3.63, 3.8) is 0 Å². The molecule has 0 saturated carbocycles. The number of unbranched alkanes of at least 4 members (excludes halogenated alkanes) is 6. The molecule has 0 amide bonds. The molecule has 0 spiro atoms. The largest absolute Gasteiger partial charge is 0.300 e. The molecule has 0 bridgehead atoms. The summed E-state index contributed by atoms with van der Waals surface area (Å²) >= 11 is 3.49. The molecule has 1 atom stereocenters. The van der Waals surface area contributed by atoms with Gasteiger partial charge in [-0.3, -0.25) is 0 Å². The first-order valence-corrected chi connectivity index (χ1v) is 9.30. The van der Waals surface area contributed by atoms with Gasteiger partial charge < -0.3 is 4.90 Å². The SMILES string of the molecule is CCC1CCCCN1CCCCCCCCCBr. The summed E-state index contributed by atoms with van der Waals surface area (Å²) in [5.41, 5.74) is 0. The molecule has 2 heteroatoms. The van der Waals surface area contributed by atoms with Crippen LogP contribution < -0.4 is 0 Å². The van der Waals surface area contributed by atoms with E-state index in [1.807, 2.05) is 0 Å². The summed E-state index contributed by atoms with van der Waals surface area (Å²) in [6, 6.07) is 0.901. The molecule has 1 aliphatic rings. The molecule has 0 radical (unpaired) electrons. The zero-order valence-electron chi connectivity index (χ0n) is 12.3. The number of likely N-dealkylation sites (tertiary alicyclic amines) is 1. The van der Waals surface area contributed by atoms with E-state index in [-0.39, 0.29) is 0 Å². The molecule has 1 fully saturated rings. The van der Waals surface area contributed by atoms with E-state index in [1.165, 1.54) is 89.0 Å². The Hall–Kier alpha value is 0.440. The van der Waals surface area contributed by atoms with Crippen LogP contribution in [-0.2, 0) is 0 Å². The number of rotatable bonds is 10. The molecule has 0 aromatic carbocycles. The van der Waals surface area contributed by atoms with Gasteiger partial charge in [-0.05, 0) is 45.2 Å². The van der Waals surface area contributed by atoms with Gasteiger partial charge in [0.25, 0.3) is 0 Å². The third-order valence-electron chi connectivity index (χ3n) is 4.30. The summed E-state index contributed by atoms with van der Waals surface area (Å²) in [6.07, 6.45) is 15.7. The summed E-state index contributed by atoms with van der Waals surface area (Å²) < 4.78 is 0. The lowest BCUT2D eigenvalue weighted by Crippen LogP contribution is -2.39. The number of hydrogen-bond donors (Lipinski definition) is 0. The topological polar surface area (TPSA) is 3.24 Å². The molecule has 0 N–H and O–H groups in total. The second-order valence-electron chi connectivity index (χ2n) is 5.76. The van der Waals surface area contributed by atoms with Crippen molar-refractivity contribution in [3.8, 4) is 0 Å². The highest BCUT2D eigenvalue weighted by molar-refractivity contribution is 9.09. The fraction of sp³-hybridized carbons (Fsp3) is 1.00. The predicted molar refractivity (Wildman–Crippen MR) is 85.6 cm³/mol. The minimum absolute atomic E-state index is 0.901. The molecule has 1 rings (SSSR count). The molecular weight excluding hydrogens is 286 g/mol. The number of piperidine rings is 1. The van der Waals surface area contributed by atoms with E-state index in [9.17, 15) is 0 Å². The van der Waals surface area contributed by atoms with Gasteiger partial charge in [0.1, 0.15) is 0 Å². The molecule has 1 aliphatic heterocycles. The van der Waals surface area contributed by atoms with Crippen LogP contribution in [0.3, 0.4) is 0 Å². The molecule has 1 saturated heterocycles. The predicted octanol–water partition coefficient (Wildman–Crippen LogP) is 5.38. The summed E-state index contributed by atoms with van der Waals surface area (Å²) in [5, 5.41) is 1.18. The average Bonchev–Trinajstić information content (AvgIpc) is 2.42. The second-order valence-corrected chi connectivity index (χ2v) is 6.55. The van der Waals surface area contributed by atoms with Crippen molar-refractivity contribution in [3.05, 3.63) is 0 Å². The Balaban J connectivity index is 1.93. The fourth-order valence-electron chi connectivity index (χ4n) is 3.11. The van der Waals surface area contributed by atoms with Crippen LogP contribution in [0.25, 0.3) is 0 Å². The molecule has 108 valence electrons. The lowest BCUT2D eigenvalue weighted by atomic mass is 9.99. The maximum atomic E-state index is 3.49. The van der Waals surface area contributed by atoms with Gasteiger partial charge in [-0.2, -0.15) is 0 Å². The Kier molecular flexibility index (Phi) is 10.3. The molecule has 1 heterocycles. The average molecular weight is 318 g/mol. The van der Waals surface area contributed by atoms with E-state index >= 15 is 0 Å². The first-order valence-electron chi connectivity index (χ1n) is 8.18. The van der Waals surface area contributed by atoms with Crippen LogP contribution in [0.2, 0.25) is 0 Å². The Morgan fingerprint density at radius 3 is 2.28 bits per heavy atom. The number of halogens is 1. The molecule has 18 heavy (non-hydrogen) atoms. The van der Waals surface area contributed by atoms with E-state index < -0.39 is 0 Å². The van der Waals surface area contributed by atoms with Crippen LogP contribution in [0.4, 0.5) is 0 Å². The van der Waals surface area contributed by atoms with Gasteiger partial charge >= 0.3 is 0 Å². The first-order chi connectivity index (χ1) is 8.88. The maximum absolute atomic E-state index is 3.49. The van der Waals surface area contributed by atoms with Crippen molar-refractivity contribution in [2.24, 2.45) is 0 Å². The Labute approximate surface area is 123 Å². The van der Waals surface area contributed by atoms with Crippen LogP contribution in [0.5, 0.6) is 0 Å². The monoisotopic (exact) mass is 317 g/mol.